The van der Waals surface area contributed by atoms with Crippen LogP contribution in [0.15, 0.2) is 48.5 Å². The Hall–Kier alpha value is -2.88. The highest BCUT2D eigenvalue weighted by molar-refractivity contribution is 6.04. The zero-order chi connectivity index (χ0) is 20.5. The quantitative estimate of drug-likeness (QED) is 0.663. The smallest absolute Gasteiger partial charge is 0.255 e. The Kier molecular flexibility index (Phi) is 5.41. The normalized spacial score (nSPS) is 11.5. The van der Waals surface area contributed by atoms with Gasteiger partial charge in [-0.15, -0.1) is 0 Å². The molecule has 0 bridgehead atoms. The van der Waals surface area contributed by atoms with Gasteiger partial charge in [0.15, 0.2) is 0 Å². The highest BCUT2D eigenvalue weighted by atomic mass is 16.1. The van der Waals surface area contributed by atoms with Crippen LogP contribution in [0.1, 0.15) is 59.2 Å². The van der Waals surface area contributed by atoms with Crippen LogP contribution < -0.4 is 5.32 Å². The van der Waals surface area contributed by atoms with Gasteiger partial charge in [-0.3, -0.25) is 9.48 Å². The maximum absolute atomic E-state index is 12.8. The third-order valence-electron chi connectivity index (χ3n) is 5.21. The van der Waals surface area contributed by atoms with Crippen molar-refractivity contribution in [3.63, 3.8) is 0 Å². The highest BCUT2D eigenvalue weighted by Gasteiger charge is 2.17. The zero-order valence-corrected chi connectivity index (χ0v) is 17.6. The molecule has 0 aliphatic rings. The van der Waals surface area contributed by atoms with Gasteiger partial charge in [0.2, 0.25) is 0 Å². The lowest BCUT2D eigenvalue weighted by atomic mass is 9.87. The molecule has 0 spiro atoms. The van der Waals surface area contributed by atoms with Crippen LogP contribution in [0.2, 0.25) is 0 Å². The summed E-state index contributed by atoms with van der Waals surface area (Å²) in [7, 11) is 0. The number of hydrogen-bond acceptors (Lipinski definition) is 2. The third-order valence-corrected chi connectivity index (χ3v) is 5.21. The van der Waals surface area contributed by atoms with E-state index in [1.165, 1.54) is 16.7 Å². The molecule has 3 aromatic rings. The Labute approximate surface area is 167 Å². The molecule has 3 rings (SSSR count). The molecular formula is C24H29N3O. The Bertz CT molecular complexity index is 992. The second kappa shape index (κ2) is 7.63. The fraction of sp³-hybridized carbons (Fsp3) is 0.333. The molecule has 0 aliphatic heterocycles. The second-order valence-corrected chi connectivity index (χ2v) is 8.41. The summed E-state index contributed by atoms with van der Waals surface area (Å²) in [6.45, 7) is 13.2. The van der Waals surface area contributed by atoms with Gasteiger partial charge in [-0.1, -0.05) is 57.2 Å². The number of nitrogens with zero attached hydrogens (tertiary/aromatic N) is 2. The van der Waals surface area contributed by atoms with Crippen molar-refractivity contribution >= 4 is 11.6 Å². The number of aromatic nitrogens is 2. The summed E-state index contributed by atoms with van der Waals surface area (Å²) < 4.78 is 1.95. The SMILES string of the molecule is Cc1ccccc1Cn1nc(C)c(NC(=O)c2ccc(C(C)(C)C)cc2)c1C. The Balaban J connectivity index is 1.80. The van der Waals surface area contributed by atoms with Crippen LogP contribution in [0.25, 0.3) is 0 Å². The first-order chi connectivity index (χ1) is 13.2. The number of nitrogens with one attached hydrogen (secondary N) is 1. The molecule has 0 saturated heterocycles. The van der Waals surface area contributed by atoms with Crippen molar-refractivity contribution in [1.82, 2.24) is 9.78 Å². The number of carbonyl (C=O) groups is 1. The summed E-state index contributed by atoms with van der Waals surface area (Å²) in [5, 5.41) is 7.69. The van der Waals surface area contributed by atoms with E-state index in [0.29, 0.717) is 12.1 Å². The van der Waals surface area contributed by atoms with Crippen LogP contribution in [0.4, 0.5) is 5.69 Å². The van der Waals surface area contributed by atoms with Gasteiger partial charge in [-0.2, -0.15) is 5.10 Å². The van der Waals surface area contributed by atoms with Gasteiger partial charge in [0, 0.05) is 5.56 Å². The predicted molar refractivity (Wildman–Crippen MR) is 115 cm³/mol. The van der Waals surface area contributed by atoms with Gasteiger partial charge < -0.3 is 5.32 Å². The Morgan fingerprint density at radius 1 is 1.00 bits per heavy atom. The maximum atomic E-state index is 12.8. The first-order valence-corrected chi connectivity index (χ1v) is 9.67. The molecular weight excluding hydrogens is 346 g/mol. The third kappa shape index (κ3) is 4.16. The summed E-state index contributed by atoms with van der Waals surface area (Å²) >= 11 is 0. The minimum Gasteiger partial charge on any atom is -0.319 e. The molecule has 1 amide bonds. The maximum Gasteiger partial charge on any atom is 0.255 e. The largest absolute Gasteiger partial charge is 0.319 e. The molecule has 0 aliphatic carbocycles. The molecule has 0 radical (unpaired) electrons. The predicted octanol–water partition coefficient (Wildman–Crippen LogP) is 5.41. The van der Waals surface area contributed by atoms with E-state index >= 15 is 0 Å². The summed E-state index contributed by atoms with van der Waals surface area (Å²) in [5.74, 6) is -0.109. The molecule has 4 heteroatoms. The first-order valence-electron chi connectivity index (χ1n) is 9.67. The minimum absolute atomic E-state index is 0.0683. The van der Waals surface area contributed by atoms with E-state index in [4.69, 9.17) is 0 Å². The number of amides is 1. The second-order valence-electron chi connectivity index (χ2n) is 8.41. The summed E-state index contributed by atoms with van der Waals surface area (Å²) in [4.78, 5) is 12.8. The van der Waals surface area contributed by atoms with Gasteiger partial charge in [-0.25, -0.2) is 0 Å². The molecule has 28 heavy (non-hydrogen) atoms. The zero-order valence-electron chi connectivity index (χ0n) is 17.6. The van der Waals surface area contributed by atoms with E-state index < -0.39 is 0 Å². The van der Waals surface area contributed by atoms with Gasteiger partial charge in [0.25, 0.3) is 5.91 Å². The monoisotopic (exact) mass is 375 g/mol. The minimum atomic E-state index is -0.109. The molecule has 146 valence electrons. The molecule has 0 unspecified atom stereocenters. The molecule has 0 saturated carbocycles. The van der Waals surface area contributed by atoms with Gasteiger partial charge in [0.1, 0.15) is 0 Å². The van der Waals surface area contributed by atoms with Gasteiger partial charge >= 0.3 is 0 Å². The van der Waals surface area contributed by atoms with E-state index in [1.807, 2.05) is 54.9 Å². The molecule has 4 nitrogen and oxygen atoms in total. The topological polar surface area (TPSA) is 46.9 Å². The van der Waals surface area contributed by atoms with Crippen LogP contribution in [0.3, 0.4) is 0 Å². The van der Waals surface area contributed by atoms with Gasteiger partial charge in [-0.05, 0) is 55.0 Å². The number of anilines is 1. The molecule has 1 N–H and O–H groups in total. The van der Waals surface area contributed by atoms with E-state index in [2.05, 4.69) is 50.2 Å². The highest BCUT2D eigenvalue weighted by Crippen LogP contribution is 2.24. The van der Waals surface area contributed by atoms with E-state index in [0.717, 1.165) is 17.1 Å². The Morgan fingerprint density at radius 3 is 2.25 bits per heavy atom. The van der Waals surface area contributed by atoms with Crippen molar-refractivity contribution in [3.05, 3.63) is 82.2 Å². The van der Waals surface area contributed by atoms with E-state index in [9.17, 15) is 4.79 Å². The van der Waals surface area contributed by atoms with Crippen LogP contribution in [-0.2, 0) is 12.0 Å². The van der Waals surface area contributed by atoms with Gasteiger partial charge in [0.05, 0.1) is 23.6 Å². The fourth-order valence-corrected chi connectivity index (χ4v) is 3.29. The molecule has 0 atom stereocenters. The summed E-state index contributed by atoms with van der Waals surface area (Å²) in [6, 6.07) is 16.1. The molecule has 1 heterocycles. The average Bonchev–Trinajstić information content (AvgIpc) is 2.90. The molecule has 2 aromatic carbocycles. The average molecular weight is 376 g/mol. The van der Waals surface area contributed by atoms with Crippen molar-refractivity contribution in [2.45, 2.75) is 53.5 Å². The summed E-state index contributed by atoms with van der Waals surface area (Å²) in [6.07, 6.45) is 0. The fourth-order valence-electron chi connectivity index (χ4n) is 3.29. The number of rotatable bonds is 4. The first kappa shape index (κ1) is 19.9. The summed E-state index contributed by atoms with van der Waals surface area (Å²) in [5.41, 5.74) is 6.97. The van der Waals surface area contributed by atoms with Crippen molar-refractivity contribution in [2.24, 2.45) is 0 Å². The van der Waals surface area contributed by atoms with E-state index in [1.54, 1.807) is 0 Å². The van der Waals surface area contributed by atoms with Crippen molar-refractivity contribution in [3.8, 4) is 0 Å². The van der Waals surface area contributed by atoms with Crippen molar-refractivity contribution in [2.75, 3.05) is 5.32 Å². The number of benzene rings is 2. The lowest BCUT2D eigenvalue weighted by Gasteiger charge is -2.19. The van der Waals surface area contributed by atoms with Crippen LogP contribution in [0, 0.1) is 20.8 Å². The lowest BCUT2D eigenvalue weighted by Crippen LogP contribution is -2.15. The van der Waals surface area contributed by atoms with Crippen LogP contribution >= 0.6 is 0 Å². The van der Waals surface area contributed by atoms with E-state index in [-0.39, 0.29) is 11.3 Å². The standard InChI is InChI=1S/C24H29N3O/c1-16-9-7-8-10-20(16)15-27-18(3)22(17(2)26-27)25-23(28)19-11-13-21(14-12-19)24(4,5)6/h7-14H,15H2,1-6H3,(H,25,28). The van der Waals surface area contributed by atoms with Crippen LogP contribution in [-0.4, -0.2) is 15.7 Å². The Morgan fingerprint density at radius 2 is 1.64 bits per heavy atom. The van der Waals surface area contributed by atoms with Crippen molar-refractivity contribution < 1.29 is 4.79 Å². The number of carbonyl (C=O) groups excluding carboxylic acids is 1. The number of hydrogen-bond donors (Lipinski definition) is 1. The van der Waals surface area contributed by atoms with Crippen LogP contribution in [0.5, 0.6) is 0 Å². The molecule has 0 fully saturated rings. The van der Waals surface area contributed by atoms with Crippen molar-refractivity contribution in [1.29, 1.82) is 0 Å². The number of aryl methyl sites for hydroxylation is 2. The lowest BCUT2D eigenvalue weighted by molar-refractivity contribution is 0.102. The molecule has 1 aromatic heterocycles.